The summed E-state index contributed by atoms with van der Waals surface area (Å²) in [6.45, 7) is 11.6. The Balaban J connectivity index is 2.21. The number of hydrogen-bond donors (Lipinski definition) is 2. The number of ether oxygens (including phenoxy) is 2. The monoisotopic (exact) mass is 378 g/mol. The molecule has 0 unspecified atom stereocenters. The summed E-state index contributed by atoms with van der Waals surface area (Å²) in [7, 11) is 0. The van der Waals surface area contributed by atoms with Crippen LogP contribution in [0.3, 0.4) is 0 Å². The summed E-state index contributed by atoms with van der Waals surface area (Å²) in [4.78, 5) is 14.5. The average Bonchev–Trinajstić information content (AvgIpc) is 2.60. The molecule has 152 valence electrons. The normalized spacial score (nSPS) is 24.0. The minimum absolute atomic E-state index is 0.112. The molecule has 1 saturated heterocycles. The zero-order chi connectivity index (χ0) is 20.1. The Hall–Kier alpha value is -1.63. The number of alkyl carbamates (subject to hydrolysis) is 1. The second-order valence-corrected chi connectivity index (χ2v) is 8.68. The lowest BCUT2D eigenvalue weighted by Gasteiger charge is -2.51. The minimum atomic E-state index is -0.695. The lowest BCUT2D eigenvalue weighted by atomic mass is 9.89. The molecule has 1 aliphatic rings. The van der Waals surface area contributed by atoms with Crippen molar-refractivity contribution >= 4 is 6.09 Å². The van der Waals surface area contributed by atoms with Crippen molar-refractivity contribution in [1.29, 1.82) is 0 Å². The zero-order valence-corrected chi connectivity index (χ0v) is 17.2. The number of aliphatic hydroxyl groups excluding tert-OH is 1. The zero-order valence-electron chi connectivity index (χ0n) is 17.2. The predicted octanol–water partition coefficient (Wildman–Crippen LogP) is 2.80. The van der Waals surface area contributed by atoms with Crippen molar-refractivity contribution in [1.82, 2.24) is 10.2 Å². The van der Waals surface area contributed by atoms with Gasteiger partial charge >= 0.3 is 6.09 Å². The molecule has 1 amide bonds. The number of nitrogens with zero attached hydrogens (tertiary/aromatic N) is 1. The van der Waals surface area contributed by atoms with E-state index in [1.807, 2.05) is 39.0 Å². The van der Waals surface area contributed by atoms with E-state index < -0.39 is 17.2 Å². The molecule has 0 saturated carbocycles. The number of aliphatic hydroxyl groups is 1. The summed E-state index contributed by atoms with van der Waals surface area (Å²) in [5.74, 6) is 0.349. The molecule has 2 rings (SSSR count). The molecule has 1 aromatic rings. The third-order valence-corrected chi connectivity index (χ3v) is 4.89. The van der Waals surface area contributed by atoms with Gasteiger partial charge in [0.2, 0.25) is 0 Å². The number of benzene rings is 1. The van der Waals surface area contributed by atoms with Crippen LogP contribution < -0.4 is 5.32 Å². The van der Waals surface area contributed by atoms with Gasteiger partial charge < -0.3 is 19.9 Å². The fourth-order valence-electron chi connectivity index (χ4n) is 3.41. The van der Waals surface area contributed by atoms with Gasteiger partial charge in [0.05, 0.1) is 25.4 Å². The van der Waals surface area contributed by atoms with Crippen molar-refractivity contribution in [3.05, 3.63) is 35.9 Å². The van der Waals surface area contributed by atoms with Gasteiger partial charge in [-0.1, -0.05) is 44.2 Å². The molecule has 27 heavy (non-hydrogen) atoms. The predicted molar refractivity (Wildman–Crippen MR) is 105 cm³/mol. The topological polar surface area (TPSA) is 71.0 Å². The van der Waals surface area contributed by atoms with Gasteiger partial charge in [-0.05, 0) is 32.3 Å². The third-order valence-electron chi connectivity index (χ3n) is 4.89. The number of hydrogen-bond acceptors (Lipinski definition) is 5. The summed E-state index contributed by atoms with van der Waals surface area (Å²) in [5.41, 5.74) is -0.0935. The molecule has 0 aliphatic carbocycles. The largest absolute Gasteiger partial charge is 0.444 e. The Labute approximate surface area is 162 Å². The lowest BCUT2D eigenvalue weighted by Crippen LogP contribution is -2.68. The number of carbonyl (C=O) groups excluding carboxylic acids is 1. The van der Waals surface area contributed by atoms with Crippen LogP contribution in [0.2, 0.25) is 0 Å². The van der Waals surface area contributed by atoms with Gasteiger partial charge in [-0.25, -0.2) is 4.79 Å². The van der Waals surface area contributed by atoms with Crippen LogP contribution in [0.25, 0.3) is 0 Å². The van der Waals surface area contributed by atoms with E-state index in [-0.39, 0.29) is 19.2 Å². The second-order valence-electron chi connectivity index (χ2n) is 8.68. The number of carbonyl (C=O) groups is 1. The summed E-state index contributed by atoms with van der Waals surface area (Å²) >= 11 is 0. The van der Waals surface area contributed by atoms with Crippen LogP contribution in [-0.4, -0.2) is 59.6 Å². The summed E-state index contributed by atoms with van der Waals surface area (Å²) in [6, 6.07) is 10.3. The van der Waals surface area contributed by atoms with Crippen molar-refractivity contribution in [2.75, 3.05) is 26.4 Å². The van der Waals surface area contributed by atoms with E-state index in [2.05, 4.69) is 36.2 Å². The maximum Gasteiger partial charge on any atom is 0.407 e. The molecular formula is C21H34N2O4. The Morgan fingerprint density at radius 2 is 2.04 bits per heavy atom. The van der Waals surface area contributed by atoms with Crippen LogP contribution >= 0.6 is 0 Å². The van der Waals surface area contributed by atoms with E-state index in [1.165, 1.54) is 5.56 Å². The lowest BCUT2D eigenvalue weighted by molar-refractivity contribution is -0.137. The molecule has 6 nitrogen and oxygen atoms in total. The van der Waals surface area contributed by atoms with Crippen molar-refractivity contribution < 1.29 is 19.4 Å². The molecule has 1 heterocycles. The van der Waals surface area contributed by atoms with Crippen molar-refractivity contribution in [2.45, 2.75) is 58.3 Å². The first kappa shape index (κ1) is 21.7. The quantitative estimate of drug-likeness (QED) is 0.796. The molecule has 1 aromatic carbocycles. The van der Waals surface area contributed by atoms with Crippen LogP contribution in [-0.2, 0) is 16.0 Å². The standard InChI is InChI=1S/C21H34N2O4/c1-16(2)18-12-26-15-21(14-24,13-22-19(25)27-20(3,4)5)23(18)11-17-9-7-6-8-10-17/h6-10,16,18,24H,11-15H2,1-5H3,(H,22,25)/t18-,21+/m1/s1. The van der Waals surface area contributed by atoms with Gasteiger partial charge in [0.25, 0.3) is 0 Å². The van der Waals surface area contributed by atoms with Gasteiger partial charge in [0.15, 0.2) is 0 Å². The maximum absolute atomic E-state index is 12.2. The minimum Gasteiger partial charge on any atom is -0.444 e. The fourth-order valence-corrected chi connectivity index (χ4v) is 3.41. The van der Waals surface area contributed by atoms with Gasteiger partial charge in [-0.2, -0.15) is 0 Å². The van der Waals surface area contributed by atoms with Crippen LogP contribution in [0.5, 0.6) is 0 Å². The highest BCUT2D eigenvalue weighted by Gasteiger charge is 2.45. The van der Waals surface area contributed by atoms with Gasteiger partial charge in [-0.15, -0.1) is 0 Å². The Kier molecular flexibility index (Phi) is 7.25. The number of nitrogens with one attached hydrogen (secondary N) is 1. The van der Waals surface area contributed by atoms with E-state index in [1.54, 1.807) is 0 Å². The summed E-state index contributed by atoms with van der Waals surface area (Å²) in [6.07, 6.45) is -0.485. The molecule has 1 aliphatic heterocycles. The molecule has 2 N–H and O–H groups in total. The molecule has 2 atom stereocenters. The molecule has 1 fully saturated rings. The second kappa shape index (κ2) is 9.04. The van der Waals surface area contributed by atoms with E-state index in [0.717, 1.165) is 0 Å². The van der Waals surface area contributed by atoms with Crippen LogP contribution in [0.15, 0.2) is 30.3 Å². The van der Waals surface area contributed by atoms with E-state index in [4.69, 9.17) is 9.47 Å². The van der Waals surface area contributed by atoms with E-state index in [0.29, 0.717) is 25.7 Å². The van der Waals surface area contributed by atoms with Gasteiger partial charge in [0, 0.05) is 19.1 Å². The van der Waals surface area contributed by atoms with E-state index in [9.17, 15) is 9.90 Å². The van der Waals surface area contributed by atoms with Gasteiger partial charge in [-0.3, -0.25) is 4.90 Å². The number of rotatable bonds is 6. The van der Waals surface area contributed by atoms with Crippen LogP contribution in [0.4, 0.5) is 4.79 Å². The molecular weight excluding hydrogens is 344 g/mol. The fraction of sp³-hybridized carbons (Fsp3) is 0.667. The highest BCUT2D eigenvalue weighted by molar-refractivity contribution is 5.67. The Morgan fingerprint density at radius 1 is 1.37 bits per heavy atom. The Morgan fingerprint density at radius 3 is 2.59 bits per heavy atom. The van der Waals surface area contributed by atoms with Crippen LogP contribution in [0, 0.1) is 5.92 Å². The highest BCUT2D eigenvalue weighted by atomic mass is 16.6. The third kappa shape index (κ3) is 5.92. The van der Waals surface area contributed by atoms with Crippen molar-refractivity contribution in [2.24, 2.45) is 5.92 Å². The highest BCUT2D eigenvalue weighted by Crippen LogP contribution is 2.30. The molecule has 0 bridgehead atoms. The maximum atomic E-state index is 12.2. The van der Waals surface area contributed by atoms with Crippen molar-refractivity contribution in [3.63, 3.8) is 0 Å². The first-order valence-corrected chi connectivity index (χ1v) is 9.63. The molecule has 6 heteroatoms. The molecule has 0 radical (unpaired) electrons. The molecule has 0 spiro atoms. The Bertz CT molecular complexity index is 600. The average molecular weight is 379 g/mol. The SMILES string of the molecule is CC(C)[C@H]1COC[C@@](CO)(CNC(=O)OC(C)(C)C)N1Cc1ccccc1. The van der Waals surface area contributed by atoms with Crippen LogP contribution in [0.1, 0.15) is 40.2 Å². The number of amides is 1. The first-order valence-electron chi connectivity index (χ1n) is 9.63. The summed E-state index contributed by atoms with van der Waals surface area (Å²) < 4.78 is 11.2. The first-order chi connectivity index (χ1) is 12.7. The van der Waals surface area contributed by atoms with E-state index >= 15 is 0 Å². The summed E-state index contributed by atoms with van der Waals surface area (Å²) in [5, 5.41) is 13.2. The van der Waals surface area contributed by atoms with Gasteiger partial charge in [0.1, 0.15) is 5.60 Å². The van der Waals surface area contributed by atoms with Crippen molar-refractivity contribution in [3.8, 4) is 0 Å². The smallest absolute Gasteiger partial charge is 0.407 e. The molecule has 0 aromatic heterocycles. The number of morpholine rings is 1.